The number of aryl methyl sites for hydroxylation is 1. The Bertz CT molecular complexity index is 946. The van der Waals surface area contributed by atoms with Gasteiger partial charge in [0, 0.05) is 23.6 Å². The molecule has 1 N–H and O–H groups in total. The van der Waals surface area contributed by atoms with Gasteiger partial charge in [-0.1, -0.05) is 30.3 Å². The second kappa shape index (κ2) is 7.74. The summed E-state index contributed by atoms with van der Waals surface area (Å²) in [5.74, 6) is -0.413. The molecule has 3 rings (SSSR count). The average Bonchev–Trinajstić information content (AvgIpc) is 3.05. The van der Waals surface area contributed by atoms with Crippen molar-refractivity contribution >= 4 is 28.5 Å². The number of anilines is 1. The predicted molar refractivity (Wildman–Crippen MR) is 99.5 cm³/mol. The molecule has 0 atom stereocenters. The first-order chi connectivity index (χ1) is 12.6. The fraction of sp³-hybridized carbons (Fsp3) is 0.200. The minimum absolute atomic E-state index is 0.373. The third-order valence-corrected chi connectivity index (χ3v) is 4.06. The van der Waals surface area contributed by atoms with Crippen LogP contribution in [-0.4, -0.2) is 30.2 Å². The fourth-order valence-corrected chi connectivity index (χ4v) is 2.81. The van der Waals surface area contributed by atoms with Crippen LogP contribution in [0.5, 0.6) is 5.75 Å². The van der Waals surface area contributed by atoms with E-state index in [9.17, 15) is 9.59 Å². The van der Waals surface area contributed by atoms with Crippen molar-refractivity contribution in [3.63, 3.8) is 0 Å². The molecule has 6 heteroatoms. The topological polar surface area (TPSA) is 69.6 Å². The summed E-state index contributed by atoms with van der Waals surface area (Å²) in [4.78, 5) is 24.5. The highest BCUT2D eigenvalue weighted by Gasteiger charge is 2.17. The summed E-state index contributed by atoms with van der Waals surface area (Å²) < 4.78 is 12.3. The molecule has 0 fully saturated rings. The number of fused-ring (bicyclic) bond motifs is 1. The smallest absolute Gasteiger partial charge is 0.340 e. The Labute approximate surface area is 151 Å². The number of benzene rings is 2. The number of hydrogen-bond acceptors (Lipinski definition) is 4. The molecule has 0 saturated carbocycles. The van der Waals surface area contributed by atoms with Crippen molar-refractivity contribution in [2.45, 2.75) is 13.5 Å². The highest BCUT2D eigenvalue weighted by atomic mass is 16.5. The second-order valence-electron chi connectivity index (χ2n) is 5.67. The molecule has 134 valence electrons. The maximum atomic E-state index is 12.4. The lowest BCUT2D eigenvalue weighted by molar-refractivity contribution is -0.119. The molecule has 0 radical (unpaired) electrons. The highest BCUT2D eigenvalue weighted by Crippen LogP contribution is 2.24. The SMILES string of the molecule is CCn1cc(C(=O)OCC(=O)Nc2ccccc2OC)c2ccccc21. The zero-order valence-electron chi connectivity index (χ0n) is 14.7. The standard InChI is InChI=1S/C20H20N2O4/c1-3-22-12-15(14-8-4-6-10-17(14)22)20(24)26-13-19(23)21-16-9-5-7-11-18(16)25-2/h4-12H,3,13H2,1-2H3,(H,21,23). The molecule has 6 nitrogen and oxygen atoms in total. The van der Waals surface area contributed by atoms with Crippen molar-refractivity contribution in [3.05, 3.63) is 60.3 Å². The molecular weight excluding hydrogens is 332 g/mol. The van der Waals surface area contributed by atoms with Gasteiger partial charge in [-0.2, -0.15) is 0 Å². The molecule has 0 aliphatic carbocycles. The average molecular weight is 352 g/mol. The van der Waals surface area contributed by atoms with E-state index in [1.807, 2.05) is 35.8 Å². The van der Waals surface area contributed by atoms with Crippen LogP contribution in [-0.2, 0) is 16.1 Å². The number of aromatic nitrogens is 1. The summed E-state index contributed by atoms with van der Waals surface area (Å²) in [5.41, 5.74) is 1.94. The molecular formula is C20H20N2O4. The van der Waals surface area contributed by atoms with Crippen LogP contribution in [0.25, 0.3) is 10.9 Å². The van der Waals surface area contributed by atoms with E-state index in [0.29, 0.717) is 17.0 Å². The molecule has 1 heterocycles. The van der Waals surface area contributed by atoms with E-state index in [2.05, 4.69) is 5.32 Å². The van der Waals surface area contributed by atoms with Crippen molar-refractivity contribution in [1.29, 1.82) is 0 Å². The first kappa shape index (κ1) is 17.5. The summed E-state index contributed by atoms with van der Waals surface area (Å²) in [5, 5.41) is 3.49. The van der Waals surface area contributed by atoms with Crippen LogP contribution in [0.15, 0.2) is 54.7 Å². The summed E-state index contributed by atoms with van der Waals surface area (Å²) in [6, 6.07) is 14.6. The minimum atomic E-state index is -0.524. The quantitative estimate of drug-likeness (QED) is 0.690. The molecule has 3 aromatic rings. The molecule has 0 spiro atoms. The van der Waals surface area contributed by atoms with Crippen molar-refractivity contribution in [1.82, 2.24) is 4.57 Å². The molecule has 1 amide bonds. The largest absolute Gasteiger partial charge is 0.495 e. The molecule has 0 saturated heterocycles. The van der Waals surface area contributed by atoms with E-state index in [-0.39, 0.29) is 6.61 Å². The molecule has 0 aliphatic rings. The lowest BCUT2D eigenvalue weighted by Gasteiger charge is -2.10. The molecule has 0 bridgehead atoms. The van der Waals surface area contributed by atoms with Crippen LogP contribution in [0.2, 0.25) is 0 Å². The minimum Gasteiger partial charge on any atom is -0.495 e. The third kappa shape index (κ3) is 3.54. The lowest BCUT2D eigenvalue weighted by atomic mass is 10.2. The summed E-state index contributed by atoms with van der Waals surface area (Å²) in [6.45, 7) is 2.37. The van der Waals surface area contributed by atoms with Gasteiger partial charge in [0.1, 0.15) is 5.75 Å². The van der Waals surface area contributed by atoms with Gasteiger partial charge >= 0.3 is 5.97 Å². The molecule has 0 aliphatic heterocycles. The number of nitrogens with zero attached hydrogens (tertiary/aromatic N) is 1. The Morgan fingerprint density at radius 1 is 1.08 bits per heavy atom. The Morgan fingerprint density at radius 2 is 1.81 bits per heavy atom. The Balaban J connectivity index is 1.68. The maximum absolute atomic E-state index is 12.4. The Morgan fingerprint density at radius 3 is 2.58 bits per heavy atom. The van der Waals surface area contributed by atoms with Gasteiger partial charge in [-0.05, 0) is 25.1 Å². The van der Waals surface area contributed by atoms with Gasteiger partial charge in [-0.3, -0.25) is 4.79 Å². The Kier molecular flexibility index (Phi) is 5.22. The van der Waals surface area contributed by atoms with Crippen LogP contribution < -0.4 is 10.1 Å². The number of ether oxygens (including phenoxy) is 2. The van der Waals surface area contributed by atoms with Crippen LogP contribution >= 0.6 is 0 Å². The van der Waals surface area contributed by atoms with Crippen LogP contribution in [0.4, 0.5) is 5.69 Å². The van der Waals surface area contributed by atoms with Gasteiger partial charge in [-0.25, -0.2) is 4.79 Å². The number of carbonyl (C=O) groups excluding carboxylic acids is 2. The Hall–Kier alpha value is -3.28. The second-order valence-corrected chi connectivity index (χ2v) is 5.67. The molecule has 1 aromatic heterocycles. The van der Waals surface area contributed by atoms with Crippen molar-refractivity contribution < 1.29 is 19.1 Å². The lowest BCUT2D eigenvalue weighted by Crippen LogP contribution is -2.21. The fourth-order valence-electron chi connectivity index (χ4n) is 2.81. The first-order valence-corrected chi connectivity index (χ1v) is 8.32. The summed E-state index contributed by atoms with van der Waals surface area (Å²) in [7, 11) is 1.52. The van der Waals surface area contributed by atoms with Gasteiger partial charge in [-0.15, -0.1) is 0 Å². The van der Waals surface area contributed by atoms with E-state index in [0.717, 1.165) is 17.4 Å². The monoisotopic (exact) mass is 352 g/mol. The van der Waals surface area contributed by atoms with E-state index in [4.69, 9.17) is 9.47 Å². The third-order valence-electron chi connectivity index (χ3n) is 4.06. The van der Waals surface area contributed by atoms with Gasteiger partial charge in [0.15, 0.2) is 6.61 Å². The number of nitrogens with one attached hydrogen (secondary N) is 1. The van der Waals surface area contributed by atoms with Gasteiger partial charge in [0.25, 0.3) is 5.91 Å². The van der Waals surface area contributed by atoms with Gasteiger partial charge in [0.05, 0.1) is 18.4 Å². The molecule has 0 unspecified atom stereocenters. The maximum Gasteiger partial charge on any atom is 0.340 e. The van der Waals surface area contributed by atoms with Crippen LogP contribution in [0.3, 0.4) is 0 Å². The van der Waals surface area contributed by atoms with Crippen LogP contribution in [0, 0.1) is 0 Å². The zero-order valence-corrected chi connectivity index (χ0v) is 14.7. The summed E-state index contributed by atoms with van der Waals surface area (Å²) >= 11 is 0. The molecule has 26 heavy (non-hydrogen) atoms. The number of methoxy groups -OCH3 is 1. The number of carbonyl (C=O) groups is 2. The number of hydrogen-bond donors (Lipinski definition) is 1. The zero-order chi connectivity index (χ0) is 18.5. The molecule has 2 aromatic carbocycles. The van der Waals surface area contributed by atoms with Gasteiger partial charge < -0.3 is 19.4 Å². The van der Waals surface area contributed by atoms with E-state index < -0.39 is 11.9 Å². The van der Waals surface area contributed by atoms with E-state index >= 15 is 0 Å². The summed E-state index contributed by atoms with van der Waals surface area (Å²) in [6.07, 6.45) is 1.76. The number of rotatable bonds is 6. The van der Waals surface area contributed by atoms with Crippen LogP contribution in [0.1, 0.15) is 17.3 Å². The van der Waals surface area contributed by atoms with Crippen molar-refractivity contribution in [3.8, 4) is 5.75 Å². The normalized spacial score (nSPS) is 10.5. The van der Waals surface area contributed by atoms with E-state index in [1.54, 1.807) is 30.5 Å². The number of amides is 1. The number of para-hydroxylation sites is 3. The van der Waals surface area contributed by atoms with E-state index in [1.165, 1.54) is 7.11 Å². The highest BCUT2D eigenvalue weighted by molar-refractivity contribution is 6.05. The number of esters is 1. The van der Waals surface area contributed by atoms with Gasteiger partial charge in [0.2, 0.25) is 0 Å². The first-order valence-electron chi connectivity index (χ1n) is 8.32. The van der Waals surface area contributed by atoms with Crippen molar-refractivity contribution in [2.24, 2.45) is 0 Å². The predicted octanol–water partition coefficient (Wildman–Crippen LogP) is 3.47. The van der Waals surface area contributed by atoms with Crippen molar-refractivity contribution in [2.75, 3.05) is 19.0 Å².